The highest BCUT2D eigenvalue weighted by Gasteiger charge is 2.19. The topological polar surface area (TPSA) is 102 Å². The SMILES string of the molecule is O=C(Cn1c(=O)n(-c2ccc(CC(=O)NC3CCCC3)cc2)c(=O)c2ccccc21)Nc1ccc(F)cc1. The second-order valence-electron chi connectivity index (χ2n) is 9.47. The van der Waals surface area contributed by atoms with Gasteiger partial charge in [-0.1, -0.05) is 37.1 Å². The molecule has 9 heteroatoms. The predicted molar refractivity (Wildman–Crippen MR) is 143 cm³/mol. The molecule has 3 aromatic carbocycles. The van der Waals surface area contributed by atoms with Crippen molar-refractivity contribution in [3.05, 3.63) is 105 Å². The number of nitrogens with zero attached hydrogens (tertiary/aromatic N) is 2. The van der Waals surface area contributed by atoms with Gasteiger partial charge in [0.2, 0.25) is 11.8 Å². The maximum Gasteiger partial charge on any atom is 0.336 e. The van der Waals surface area contributed by atoms with Gasteiger partial charge in [0.05, 0.1) is 23.0 Å². The fourth-order valence-corrected chi connectivity index (χ4v) is 4.88. The lowest BCUT2D eigenvalue weighted by Crippen LogP contribution is -2.40. The van der Waals surface area contributed by atoms with Crippen molar-refractivity contribution >= 4 is 28.4 Å². The normalized spacial score (nSPS) is 13.5. The van der Waals surface area contributed by atoms with Crippen molar-refractivity contribution in [2.45, 2.75) is 44.7 Å². The molecule has 0 atom stereocenters. The van der Waals surface area contributed by atoms with Gasteiger partial charge in [-0.3, -0.25) is 19.0 Å². The van der Waals surface area contributed by atoms with Crippen LogP contribution in [0.3, 0.4) is 0 Å². The van der Waals surface area contributed by atoms with E-state index in [1.54, 1.807) is 48.5 Å². The molecule has 1 aliphatic rings. The molecule has 2 amide bonds. The van der Waals surface area contributed by atoms with Crippen molar-refractivity contribution < 1.29 is 14.0 Å². The van der Waals surface area contributed by atoms with E-state index in [9.17, 15) is 23.6 Å². The standard InChI is InChI=1S/C29H27FN4O4/c30-20-11-13-22(14-12-20)32-27(36)18-33-25-8-4-3-7-24(25)28(37)34(29(33)38)23-15-9-19(10-16-23)17-26(35)31-21-5-1-2-6-21/h3-4,7-16,21H,1-2,5-6,17-18H2,(H,31,35)(H,32,36). The zero-order valence-corrected chi connectivity index (χ0v) is 20.7. The van der Waals surface area contributed by atoms with Gasteiger partial charge in [-0.25, -0.2) is 13.8 Å². The molecule has 1 saturated carbocycles. The van der Waals surface area contributed by atoms with Crippen molar-refractivity contribution in [2.24, 2.45) is 0 Å². The van der Waals surface area contributed by atoms with E-state index in [0.29, 0.717) is 16.9 Å². The monoisotopic (exact) mass is 514 g/mol. The number of rotatable bonds is 7. The van der Waals surface area contributed by atoms with Gasteiger partial charge in [0, 0.05) is 11.7 Å². The first-order valence-corrected chi connectivity index (χ1v) is 12.6. The number of carbonyl (C=O) groups excluding carboxylic acids is 2. The van der Waals surface area contributed by atoms with Gasteiger partial charge in [-0.05, 0) is 66.9 Å². The maximum absolute atomic E-state index is 13.5. The van der Waals surface area contributed by atoms with Gasteiger partial charge in [-0.15, -0.1) is 0 Å². The van der Waals surface area contributed by atoms with Crippen molar-refractivity contribution in [1.82, 2.24) is 14.5 Å². The molecule has 0 saturated heterocycles. The largest absolute Gasteiger partial charge is 0.353 e. The molecule has 5 rings (SSSR count). The second-order valence-corrected chi connectivity index (χ2v) is 9.47. The van der Waals surface area contributed by atoms with E-state index in [-0.39, 0.29) is 30.3 Å². The minimum atomic E-state index is -0.672. The summed E-state index contributed by atoms with van der Waals surface area (Å²) in [6.07, 6.45) is 4.47. The van der Waals surface area contributed by atoms with Crippen LogP contribution in [0.15, 0.2) is 82.4 Å². The Kier molecular flexibility index (Phi) is 7.17. The van der Waals surface area contributed by atoms with Gasteiger partial charge in [0.25, 0.3) is 5.56 Å². The molecule has 194 valence electrons. The van der Waals surface area contributed by atoms with Crippen LogP contribution in [-0.4, -0.2) is 27.0 Å². The fraction of sp³-hybridized carbons (Fsp3) is 0.241. The Hall–Kier alpha value is -4.53. The van der Waals surface area contributed by atoms with Crippen LogP contribution in [0.5, 0.6) is 0 Å². The molecule has 1 fully saturated rings. The Bertz CT molecular complexity index is 1600. The van der Waals surface area contributed by atoms with Gasteiger partial charge < -0.3 is 10.6 Å². The van der Waals surface area contributed by atoms with Crippen molar-refractivity contribution in [3.63, 3.8) is 0 Å². The predicted octanol–water partition coefficient (Wildman–Crippen LogP) is 3.53. The van der Waals surface area contributed by atoms with Crippen LogP contribution in [0.1, 0.15) is 31.2 Å². The van der Waals surface area contributed by atoms with Crippen LogP contribution in [0.2, 0.25) is 0 Å². The number of anilines is 1. The molecular formula is C29H27FN4O4. The summed E-state index contributed by atoms with van der Waals surface area (Å²) in [5.41, 5.74) is 0.625. The van der Waals surface area contributed by atoms with E-state index in [2.05, 4.69) is 10.6 Å². The molecule has 0 aliphatic heterocycles. The third-order valence-electron chi connectivity index (χ3n) is 6.76. The number of nitrogens with one attached hydrogen (secondary N) is 2. The minimum absolute atomic E-state index is 0.0537. The lowest BCUT2D eigenvalue weighted by atomic mass is 10.1. The third-order valence-corrected chi connectivity index (χ3v) is 6.76. The van der Waals surface area contributed by atoms with E-state index in [4.69, 9.17) is 0 Å². The Morgan fingerprint density at radius 2 is 1.55 bits per heavy atom. The minimum Gasteiger partial charge on any atom is -0.353 e. The van der Waals surface area contributed by atoms with Gasteiger partial charge in [-0.2, -0.15) is 0 Å². The van der Waals surface area contributed by atoms with Gasteiger partial charge in [0.15, 0.2) is 0 Å². The second kappa shape index (κ2) is 10.8. The molecule has 0 unspecified atom stereocenters. The van der Waals surface area contributed by atoms with Crippen molar-refractivity contribution in [3.8, 4) is 5.69 Å². The summed E-state index contributed by atoms with van der Waals surface area (Å²) in [4.78, 5) is 52.0. The number of carbonyl (C=O) groups is 2. The van der Waals surface area contributed by atoms with E-state index in [0.717, 1.165) is 35.8 Å². The van der Waals surface area contributed by atoms with Crippen LogP contribution in [-0.2, 0) is 22.6 Å². The van der Waals surface area contributed by atoms with Crippen LogP contribution in [0, 0.1) is 5.82 Å². The number of halogens is 1. The zero-order chi connectivity index (χ0) is 26.6. The highest BCUT2D eigenvalue weighted by atomic mass is 19.1. The summed E-state index contributed by atoms with van der Waals surface area (Å²) in [5, 5.41) is 5.98. The molecule has 1 heterocycles. The number of para-hydroxylation sites is 1. The summed E-state index contributed by atoms with van der Waals surface area (Å²) in [6.45, 7) is -0.351. The van der Waals surface area contributed by atoms with E-state index in [1.165, 1.54) is 28.8 Å². The quantitative estimate of drug-likeness (QED) is 0.394. The number of fused-ring (bicyclic) bond motifs is 1. The van der Waals surface area contributed by atoms with E-state index < -0.39 is 23.0 Å². The van der Waals surface area contributed by atoms with E-state index in [1.807, 2.05) is 0 Å². The molecule has 0 radical (unpaired) electrons. The molecule has 0 bridgehead atoms. The van der Waals surface area contributed by atoms with Gasteiger partial charge in [0.1, 0.15) is 12.4 Å². The maximum atomic E-state index is 13.5. The lowest BCUT2D eigenvalue weighted by Gasteiger charge is -2.15. The Morgan fingerprint density at radius 3 is 2.26 bits per heavy atom. The van der Waals surface area contributed by atoms with Crippen LogP contribution in [0.4, 0.5) is 10.1 Å². The Labute approximate surface area is 217 Å². The number of hydrogen-bond donors (Lipinski definition) is 2. The summed E-state index contributed by atoms with van der Waals surface area (Å²) in [5.74, 6) is -0.988. The molecule has 2 N–H and O–H groups in total. The number of hydrogen-bond acceptors (Lipinski definition) is 4. The van der Waals surface area contributed by atoms with Crippen molar-refractivity contribution in [2.75, 3.05) is 5.32 Å². The molecule has 4 aromatic rings. The van der Waals surface area contributed by atoms with Crippen LogP contribution < -0.4 is 21.9 Å². The zero-order valence-electron chi connectivity index (χ0n) is 20.7. The first-order chi connectivity index (χ1) is 18.4. The Morgan fingerprint density at radius 1 is 0.868 bits per heavy atom. The van der Waals surface area contributed by atoms with Crippen LogP contribution >= 0.6 is 0 Å². The number of benzene rings is 3. The molecule has 38 heavy (non-hydrogen) atoms. The summed E-state index contributed by atoms with van der Waals surface area (Å²) in [6, 6.07) is 18.8. The average Bonchev–Trinajstić information content (AvgIpc) is 3.42. The molecular weight excluding hydrogens is 487 g/mol. The smallest absolute Gasteiger partial charge is 0.336 e. The van der Waals surface area contributed by atoms with Crippen molar-refractivity contribution in [1.29, 1.82) is 0 Å². The third kappa shape index (κ3) is 5.41. The number of aromatic nitrogens is 2. The highest BCUT2D eigenvalue weighted by molar-refractivity contribution is 5.91. The molecule has 1 aromatic heterocycles. The first kappa shape index (κ1) is 25.1. The first-order valence-electron chi connectivity index (χ1n) is 12.6. The molecule has 8 nitrogen and oxygen atoms in total. The number of amides is 2. The Balaban J connectivity index is 1.43. The summed E-state index contributed by atoms with van der Waals surface area (Å²) < 4.78 is 15.5. The summed E-state index contributed by atoms with van der Waals surface area (Å²) in [7, 11) is 0. The fourth-order valence-electron chi connectivity index (χ4n) is 4.88. The molecule has 1 aliphatic carbocycles. The van der Waals surface area contributed by atoms with E-state index >= 15 is 0 Å². The lowest BCUT2D eigenvalue weighted by molar-refractivity contribution is -0.121. The van der Waals surface area contributed by atoms with Gasteiger partial charge >= 0.3 is 5.69 Å². The summed E-state index contributed by atoms with van der Waals surface area (Å²) >= 11 is 0. The van der Waals surface area contributed by atoms with Crippen LogP contribution in [0.25, 0.3) is 16.6 Å². The highest BCUT2D eigenvalue weighted by Crippen LogP contribution is 2.18. The molecule has 0 spiro atoms. The average molecular weight is 515 g/mol.